The van der Waals surface area contributed by atoms with E-state index in [9.17, 15) is 0 Å². The first-order valence-electron chi connectivity index (χ1n) is 5.76. The largest absolute Gasteiger partial charge is 0.396 e. The second-order valence-electron chi connectivity index (χ2n) is 4.54. The van der Waals surface area contributed by atoms with Gasteiger partial charge in [-0.15, -0.1) is 0 Å². The van der Waals surface area contributed by atoms with E-state index in [1.807, 2.05) is 0 Å². The van der Waals surface area contributed by atoms with Gasteiger partial charge < -0.3 is 35.4 Å². The fraction of sp³-hybridized carbons (Fsp3) is 0.909. The lowest BCUT2D eigenvalue weighted by Gasteiger charge is -2.31. The third-order valence-electron chi connectivity index (χ3n) is 2.83. The Morgan fingerprint density at radius 1 is 0.750 bits per heavy atom. The number of nitrogens with one attached hydrogen (secondary N) is 1. The lowest BCUT2D eigenvalue weighted by molar-refractivity contribution is -0.103. The molecule has 0 atom stereocenters. The van der Waals surface area contributed by atoms with Crippen molar-refractivity contribution in [3.8, 4) is 0 Å². The molecule has 0 bridgehead atoms. The number of rotatable bonds is 10. The molecular formula is C11H23NO8. The number of carbonyl (C=O) groups excluding carboxylic acids is 1. The lowest BCUT2D eigenvalue weighted by atomic mass is 9.91. The molecule has 0 aliphatic heterocycles. The third-order valence-corrected chi connectivity index (χ3v) is 2.83. The van der Waals surface area contributed by atoms with Gasteiger partial charge in [0.2, 0.25) is 6.08 Å². The summed E-state index contributed by atoms with van der Waals surface area (Å²) in [5.41, 5.74) is -2.32. The van der Waals surface area contributed by atoms with Gasteiger partial charge in [0, 0.05) is 0 Å². The molecular weight excluding hydrogens is 274 g/mol. The highest BCUT2D eigenvalue weighted by molar-refractivity contribution is 5.26. The topological polar surface area (TPSA) is 172 Å². The second kappa shape index (κ2) is 11.9. The van der Waals surface area contributed by atoms with Gasteiger partial charge in [-0.1, -0.05) is 0 Å². The first-order valence-corrected chi connectivity index (χ1v) is 5.76. The monoisotopic (exact) mass is 297 g/mol. The van der Waals surface area contributed by atoms with Gasteiger partial charge in [-0.25, -0.2) is 10.2 Å². The number of hydrogen-bond acceptors (Lipinski definition) is 9. The van der Waals surface area contributed by atoms with Crippen LogP contribution in [0.3, 0.4) is 0 Å². The lowest BCUT2D eigenvalue weighted by Crippen LogP contribution is -2.43. The SMILES string of the molecule is N=C=O.OCC(CO)(CO)COCC(CO)(CO)CO. The van der Waals surface area contributed by atoms with Crippen molar-refractivity contribution in [1.29, 1.82) is 5.41 Å². The number of hydrogen-bond donors (Lipinski definition) is 7. The average molecular weight is 297 g/mol. The summed E-state index contributed by atoms with van der Waals surface area (Å²) in [5, 5.41) is 59.6. The Balaban J connectivity index is 0. The van der Waals surface area contributed by atoms with Gasteiger partial charge in [-0.05, 0) is 0 Å². The van der Waals surface area contributed by atoms with Crippen molar-refractivity contribution in [2.75, 3.05) is 52.9 Å². The maximum atomic E-state index is 9.03. The number of aliphatic hydroxyl groups is 6. The van der Waals surface area contributed by atoms with Gasteiger partial charge in [0.05, 0.1) is 63.7 Å². The van der Waals surface area contributed by atoms with Crippen molar-refractivity contribution in [3.63, 3.8) is 0 Å². The van der Waals surface area contributed by atoms with Crippen LogP contribution >= 0.6 is 0 Å². The van der Waals surface area contributed by atoms with Crippen molar-refractivity contribution in [2.24, 2.45) is 10.8 Å². The van der Waals surface area contributed by atoms with Crippen molar-refractivity contribution < 1.29 is 40.2 Å². The van der Waals surface area contributed by atoms with E-state index in [-0.39, 0.29) is 13.2 Å². The molecule has 9 heteroatoms. The summed E-state index contributed by atoms with van der Waals surface area (Å²) in [7, 11) is 0. The van der Waals surface area contributed by atoms with Crippen LogP contribution < -0.4 is 0 Å². The molecule has 0 unspecified atom stereocenters. The zero-order chi connectivity index (χ0) is 16.1. The molecule has 0 aromatic carbocycles. The van der Waals surface area contributed by atoms with E-state index in [2.05, 4.69) is 0 Å². The Kier molecular flexibility index (Phi) is 12.7. The van der Waals surface area contributed by atoms with Crippen molar-refractivity contribution in [3.05, 3.63) is 0 Å². The molecule has 0 heterocycles. The minimum atomic E-state index is -1.16. The van der Waals surface area contributed by atoms with Crippen molar-refractivity contribution >= 4 is 6.08 Å². The standard InChI is InChI=1S/C10H22O7.CHNO/c11-1-9(2-12,3-13)7-17-8-10(4-14,5-15)6-16;2-1-3/h11-16H,1-8H2;2H. The van der Waals surface area contributed by atoms with E-state index in [0.717, 1.165) is 6.08 Å². The van der Waals surface area contributed by atoms with Gasteiger partial charge in [0.15, 0.2) is 0 Å². The molecule has 0 aliphatic rings. The van der Waals surface area contributed by atoms with Crippen molar-refractivity contribution in [2.45, 2.75) is 0 Å². The third kappa shape index (κ3) is 7.04. The van der Waals surface area contributed by atoms with Crippen LogP contribution in [0.2, 0.25) is 0 Å². The van der Waals surface area contributed by atoms with Crippen LogP contribution in [0, 0.1) is 16.2 Å². The molecule has 120 valence electrons. The Morgan fingerprint density at radius 3 is 1.10 bits per heavy atom. The van der Waals surface area contributed by atoms with Crippen LogP contribution in [0.5, 0.6) is 0 Å². The highest BCUT2D eigenvalue weighted by atomic mass is 16.5. The summed E-state index contributed by atoms with van der Waals surface area (Å²) in [6.07, 6.45) is 0.750. The van der Waals surface area contributed by atoms with Gasteiger partial charge in [0.25, 0.3) is 0 Å². The second-order valence-corrected chi connectivity index (χ2v) is 4.54. The molecule has 9 nitrogen and oxygen atoms in total. The minimum Gasteiger partial charge on any atom is -0.396 e. The molecule has 7 N–H and O–H groups in total. The fourth-order valence-electron chi connectivity index (χ4n) is 1.06. The highest BCUT2D eigenvalue weighted by Crippen LogP contribution is 2.19. The van der Waals surface area contributed by atoms with Crippen LogP contribution in [0.15, 0.2) is 0 Å². The van der Waals surface area contributed by atoms with Crippen LogP contribution in [-0.4, -0.2) is 89.6 Å². The van der Waals surface area contributed by atoms with Crippen LogP contribution in [0.1, 0.15) is 0 Å². The van der Waals surface area contributed by atoms with E-state index in [1.54, 1.807) is 0 Å². The van der Waals surface area contributed by atoms with E-state index in [0.29, 0.717) is 0 Å². The summed E-state index contributed by atoms with van der Waals surface area (Å²) in [6.45, 7) is -3.01. The smallest absolute Gasteiger partial charge is 0.231 e. The average Bonchev–Trinajstić information content (AvgIpc) is 2.50. The Bertz CT molecular complexity index is 223. The van der Waals surface area contributed by atoms with E-state index >= 15 is 0 Å². The molecule has 0 aromatic heterocycles. The first-order chi connectivity index (χ1) is 9.49. The van der Waals surface area contributed by atoms with E-state index in [1.165, 1.54) is 0 Å². The predicted octanol–water partition coefficient (Wildman–Crippen LogP) is -3.17. The van der Waals surface area contributed by atoms with Gasteiger partial charge in [0.1, 0.15) is 0 Å². The fourth-order valence-corrected chi connectivity index (χ4v) is 1.06. The number of aliphatic hydroxyl groups excluding tert-OH is 6. The molecule has 20 heavy (non-hydrogen) atoms. The Morgan fingerprint density at radius 2 is 0.950 bits per heavy atom. The minimum absolute atomic E-state index is 0.141. The normalized spacial score (nSPS) is 11.5. The van der Waals surface area contributed by atoms with Crippen LogP contribution in [0.4, 0.5) is 0 Å². The Labute approximate surface area is 116 Å². The molecule has 0 spiro atoms. The molecule has 0 radical (unpaired) electrons. The summed E-state index contributed by atoms with van der Waals surface area (Å²) in [5.74, 6) is 0. The summed E-state index contributed by atoms with van der Waals surface area (Å²) >= 11 is 0. The van der Waals surface area contributed by atoms with E-state index < -0.39 is 50.5 Å². The molecule has 0 rings (SSSR count). The molecule has 0 fully saturated rings. The molecule has 0 amide bonds. The van der Waals surface area contributed by atoms with Crippen LogP contribution in [-0.2, 0) is 9.53 Å². The number of isocyanates is 1. The van der Waals surface area contributed by atoms with Gasteiger partial charge in [-0.2, -0.15) is 0 Å². The first kappa shape index (κ1) is 21.4. The van der Waals surface area contributed by atoms with Crippen molar-refractivity contribution in [1.82, 2.24) is 0 Å². The zero-order valence-corrected chi connectivity index (χ0v) is 11.2. The molecule has 0 saturated carbocycles. The number of ether oxygens (including phenoxy) is 1. The highest BCUT2D eigenvalue weighted by Gasteiger charge is 2.32. The molecule has 0 aromatic rings. The molecule has 0 saturated heterocycles. The van der Waals surface area contributed by atoms with Crippen LogP contribution in [0.25, 0.3) is 0 Å². The summed E-state index contributed by atoms with van der Waals surface area (Å²) in [6, 6.07) is 0. The van der Waals surface area contributed by atoms with Gasteiger partial charge in [-0.3, -0.25) is 0 Å². The molecule has 0 aliphatic carbocycles. The summed E-state index contributed by atoms with van der Waals surface area (Å²) < 4.78 is 5.15. The maximum Gasteiger partial charge on any atom is 0.231 e. The quantitative estimate of drug-likeness (QED) is 0.163. The Hall–Kier alpha value is -0.900. The van der Waals surface area contributed by atoms with E-state index in [4.69, 9.17) is 45.6 Å². The zero-order valence-electron chi connectivity index (χ0n) is 11.2. The predicted molar refractivity (Wildman–Crippen MR) is 66.6 cm³/mol. The summed E-state index contributed by atoms with van der Waals surface area (Å²) in [4.78, 5) is 8.35. The van der Waals surface area contributed by atoms with Gasteiger partial charge >= 0.3 is 0 Å². The maximum absolute atomic E-state index is 9.03.